The molecule has 4 heteroatoms. The van der Waals surface area contributed by atoms with E-state index in [1.807, 2.05) is 26.0 Å². The lowest BCUT2D eigenvalue weighted by Gasteiger charge is -2.27. The van der Waals surface area contributed by atoms with Gasteiger partial charge in [-0.2, -0.15) is 0 Å². The van der Waals surface area contributed by atoms with Crippen LogP contribution < -0.4 is 4.90 Å². The first-order chi connectivity index (χ1) is 10.5. The molecule has 22 heavy (non-hydrogen) atoms. The number of methoxy groups -OCH3 is 1. The first-order valence-electron chi connectivity index (χ1n) is 7.20. The topological polar surface area (TPSA) is 29.5 Å². The third kappa shape index (κ3) is 3.71. The van der Waals surface area contributed by atoms with Crippen LogP contribution in [0.5, 0.6) is 0 Å². The van der Waals surface area contributed by atoms with E-state index in [0.29, 0.717) is 17.9 Å². The van der Waals surface area contributed by atoms with Crippen LogP contribution in [-0.2, 0) is 11.3 Å². The summed E-state index contributed by atoms with van der Waals surface area (Å²) in [6.07, 6.45) is 0. The van der Waals surface area contributed by atoms with Crippen molar-refractivity contribution in [1.82, 2.24) is 0 Å². The normalized spacial score (nSPS) is 10.8. The molecule has 116 valence electrons. The van der Waals surface area contributed by atoms with E-state index in [2.05, 4.69) is 0 Å². The van der Waals surface area contributed by atoms with Crippen LogP contribution in [0, 0.1) is 5.82 Å². The summed E-state index contributed by atoms with van der Waals surface area (Å²) in [5, 5.41) is 0. The van der Waals surface area contributed by atoms with Gasteiger partial charge in [-0.25, -0.2) is 4.39 Å². The monoisotopic (exact) mass is 301 g/mol. The molecule has 2 rings (SSSR count). The third-order valence-corrected chi connectivity index (χ3v) is 3.35. The lowest BCUT2D eigenvalue weighted by atomic mass is 10.1. The molecular weight excluding hydrogens is 281 g/mol. The van der Waals surface area contributed by atoms with Gasteiger partial charge < -0.3 is 9.64 Å². The maximum atomic E-state index is 13.1. The van der Waals surface area contributed by atoms with Crippen molar-refractivity contribution in [2.75, 3.05) is 12.0 Å². The van der Waals surface area contributed by atoms with E-state index in [4.69, 9.17) is 4.74 Å². The van der Waals surface area contributed by atoms with Gasteiger partial charge in [0.15, 0.2) is 0 Å². The predicted octanol–water partition coefficient (Wildman–Crippen LogP) is 4.03. The maximum Gasteiger partial charge on any atom is 0.258 e. The Bertz CT molecular complexity index is 621. The Kier molecular flexibility index (Phi) is 5.28. The van der Waals surface area contributed by atoms with E-state index in [1.54, 1.807) is 36.3 Å². The molecule has 0 unspecified atom stereocenters. The molecule has 1 amide bonds. The second-order valence-electron chi connectivity index (χ2n) is 5.38. The summed E-state index contributed by atoms with van der Waals surface area (Å²) in [5.74, 6) is -0.422. The molecule has 2 aromatic carbocycles. The Morgan fingerprint density at radius 1 is 1.09 bits per heavy atom. The first-order valence-corrected chi connectivity index (χ1v) is 7.20. The molecule has 0 atom stereocenters. The quantitative estimate of drug-likeness (QED) is 0.834. The molecule has 0 radical (unpaired) electrons. The average Bonchev–Trinajstić information content (AvgIpc) is 2.50. The fourth-order valence-electron chi connectivity index (χ4n) is 2.30. The van der Waals surface area contributed by atoms with E-state index >= 15 is 0 Å². The summed E-state index contributed by atoms with van der Waals surface area (Å²) < 4.78 is 18.1. The largest absolute Gasteiger partial charge is 0.380 e. The number of amides is 1. The van der Waals surface area contributed by atoms with Crippen LogP contribution >= 0.6 is 0 Å². The number of carbonyl (C=O) groups is 1. The summed E-state index contributed by atoms with van der Waals surface area (Å²) >= 11 is 0. The van der Waals surface area contributed by atoms with Crippen molar-refractivity contribution >= 4 is 11.6 Å². The van der Waals surface area contributed by atoms with Gasteiger partial charge in [0.1, 0.15) is 5.82 Å². The van der Waals surface area contributed by atoms with E-state index in [-0.39, 0.29) is 17.8 Å². The van der Waals surface area contributed by atoms with Gasteiger partial charge in [-0.1, -0.05) is 12.1 Å². The van der Waals surface area contributed by atoms with Crippen molar-refractivity contribution in [2.45, 2.75) is 26.5 Å². The van der Waals surface area contributed by atoms with Crippen molar-refractivity contribution in [3.8, 4) is 0 Å². The molecule has 0 aliphatic heterocycles. The number of hydrogen-bond donors (Lipinski definition) is 0. The lowest BCUT2D eigenvalue weighted by Crippen LogP contribution is -2.37. The predicted molar refractivity (Wildman–Crippen MR) is 85.5 cm³/mol. The van der Waals surface area contributed by atoms with Crippen molar-refractivity contribution in [2.24, 2.45) is 0 Å². The molecule has 3 nitrogen and oxygen atoms in total. The summed E-state index contributed by atoms with van der Waals surface area (Å²) in [6.45, 7) is 4.38. The number of hydrogen-bond acceptors (Lipinski definition) is 2. The van der Waals surface area contributed by atoms with Gasteiger partial charge in [-0.05, 0) is 55.8 Å². The Morgan fingerprint density at radius 3 is 2.18 bits per heavy atom. The molecule has 0 aliphatic carbocycles. The highest BCUT2D eigenvalue weighted by molar-refractivity contribution is 6.06. The van der Waals surface area contributed by atoms with Crippen LogP contribution in [0.4, 0.5) is 10.1 Å². The van der Waals surface area contributed by atoms with Crippen LogP contribution in [0.15, 0.2) is 48.5 Å². The van der Waals surface area contributed by atoms with Crippen molar-refractivity contribution in [3.63, 3.8) is 0 Å². The number of halogens is 1. The number of benzene rings is 2. The van der Waals surface area contributed by atoms with E-state index in [0.717, 1.165) is 5.56 Å². The summed E-state index contributed by atoms with van der Waals surface area (Å²) in [5.41, 5.74) is 2.29. The first kappa shape index (κ1) is 16.2. The highest BCUT2D eigenvalue weighted by atomic mass is 19.1. The molecule has 0 heterocycles. The lowest BCUT2D eigenvalue weighted by molar-refractivity contribution is 0.0980. The van der Waals surface area contributed by atoms with Crippen molar-refractivity contribution < 1.29 is 13.9 Å². The number of ether oxygens (including phenoxy) is 1. The van der Waals surface area contributed by atoms with Gasteiger partial charge >= 0.3 is 0 Å². The zero-order valence-corrected chi connectivity index (χ0v) is 13.0. The highest BCUT2D eigenvalue weighted by Crippen LogP contribution is 2.21. The fourth-order valence-corrected chi connectivity index (χ4v) is 2.30. The molecular formula is C18H20FNO2. The molecule has 0 saturated carbocycles. The van der Waals surface area contributed by atoms with Crippen molar-refractivity contribution in [1.29, 1.82) is 0 Å². The van der Waals surface area contributed by atoms with Crippen LogP contribution in [0.2, 0.25) is 0 Å². The minimum absolute atomic E-state index is 0.0309. The SMILES string of the molecule is COCc1ccc(C(=O)N(c2ccc(F)cc2)C(C)C)cc1. The number of carbonyl (C=O) groups excluding carboxylic acids is 1. The number of anilines is 1. The van der Waals surface area contributed by atoms with E-state index in [9.17, 15) is 9.18 Å². The van der Waals surface area contributed by atoms with E-state index < -0.39 is 0 Å². The minimum Gasteiger partial charge on any atom is -0.380 e. The van der Waals surface area contributed by atoms with Gasteiger partial charge in [0.2, 0.25) is 0 Å². The smallest absolute Gasteiger partial charge is 0.258 e. The average molecular weight is 301 g/mol. The Labute approximate surface area is 130 Å². The maximum absolute atomic E-state index is 13.1. The molecule has 0 fully saturated rings. The Balaban J connectivity index is 2.28. The van der Waals surface area contributed by atoms with Gasteiger partial charge in [0.05, 0.1) is 6.61 Å². The third-order valence-electron chi connectivity index (χ3n) is 3.35. The van der Waals surface area contributed by atoms with E-state index in [1.165, 1.54) is 12.1 Å². The van der Waals surface area contributed by atoms with Gasteiger partial charge in [-0.15, -0.1) is 0 Å². The second-order valence-corrected chi connectivity index (χ2v) is 5.38. The van der Waals surface area contributed by atoms with Crippen LogP contribution in [0.3, 0.4) is 0 Å². The van der Waals surface area contributed by atoms with Crippen LogP contribution in [-0.4, -0.2) is 19.1 Å². The second kappa shape index (κ2) is 7.18. The molecule has 0 bridgehead atoms. The van der Waals surface area contributed by atoms with Crippen LogP contribution in [0.1, 0.15) is 29.8 Å². The summed E-state index contributed by atoms with van der Waals surface area (Å²) in [7, 11) is 1.63. The molecule has 0 spiro atoms. The van der Waals surface area contributed by atoms with Gasteiger partial charge in [-0.3, -0.25) is 4.79 Å². The zero-order valence-electron chi connectivity index (χ0n) is 13.0. The van der Waals surface area contributed by atoms with Crippen LogP contribution in [0.25, 0.3) is 0 Å². The molecule has 0 N–H and O–H groups in total. The minimum atomic E-state index is -0.316. The fraction of sp³-hybridized carbons (Fsp3) is 0.278. The molecule has 0 saturated heterocycles. The summed E-state index contributed by atoms with van der Waals surface area (Å²) in [6, 6.07) is 13.3. The van der Waals surface area contributed by atoms with Gasteiger partial charge in [0, 0.05) is 24.4 Å². The highest BCUT2D eigenvalue weighted by Gasteiger charge is 2.20. The molecule has 0 aromatic heterocycles. The number of nitrogens with zero attached hydrogens (tertiary/aromatic N) is 1. The Hall–Kier alpha value is -2.20. The summed E-state index contributed by atoms with van der Waals surface area (Å²) in [4.78, 5) is 14.4. The molecule has 0 aliphatic rings. The Morgan fingerprint density at radius 2 is 1.68 bits per heavy atom. The van der Waals surface area contributed by atoms with Gasteiger partial charge in [0.25, 0.3) is 5.91 Å². The number of rotatable bonds is 5. The zero-order chi connectivity index (χ0) is 16.1. The molecule has 2 aromatic rings. The van der Waals surface area contributed by atoms with Crippen molar-refractivity contribution in [3.05, 3.63) is 65.5 Å². The standard InChI is InChI=1S/C18H20FNO2/c1-13(2)20(17-10-8-16(19)9-11-17)18(21)15-6-4-14(5-7-15)12-22-3/h4-11,13H,12H2,1-3H3.